The molecule has 1 aliphatic carbocycles. The van der Waals surface area contributed by atoms with E-state index in [2.05, 4.69) is 0 Å². The number of carbonyl (C=O) groups excluding carboxylic acids is 1. The van der Waals surface area contributed by atoms with Gasteiger partial charge in [-0.05, 0) is 67.5 Å². The molecule has 5 rings (SSSR count). The molecule has 2 aromatic carbocycles. The van der Waals surface area contributed by atoms with Crippen LogP contribution in [0.1, 0.15) is 34.9 Å². The van der Waals surface area contributed by atoms with E-state index in [4.69, 9.17) is 9.47 Å². The van der Waals surface area contributed by atoms with E-state index in [1.807, 2.05) is 42.6 Å². The monoisotopic (exact) mass is 526 g/mol. The largest absolute Gasteiger partial charge is 0.493 e. The van der Waals surface area contributed by atoms with E-state index in [0.717, 1.165) is 30.4 Å². The number of para-hydroxylation sites is 2. The number of aryl methyl sites for hydroxylation is 1. The number of fused-ring (bicyclic) bond motifs is 1. The van der Waals surface area contributed by atoms with Crippen LogP contribution in [0.5, 0.6) is 11.5 Å². The summed E-state index contributed by atoms with van der Waals surface area (Å²) in [4.78, 5) is 16.9. The molecular weight excluding hydrogens is 496 g/mol. The molecule has 0 radical (unpaired) electrons. The van der Waals surface area contributed by atoms with Crippen molar-refractivity contribution >= 4 is 27.3 Å². The van der Waals surface area contributed by atoms with Crippen LogP contribution in [0, 0.1) is 6.92 Å². The molecule has 1 atom stereocenters. The fourth-order valence-electron chi connectivity index (χ4n) is 4.62. The minimum atomic E-state index is -3.78. The van der Waals surface area contributed by atoms with Gasteiger partial charge in [-0.3, -0.25) is 4.79 Å². The molecular formula is C27H30N2O5S2. The third-order valence-corrected chi connectivity index (χ3v) is 9.66. The van der Waals surface area contributed by atoms with Gasteiger partial charge < -0.3 is 14.4 Å². The Kier molecular flexibility index (Phi) is 7.05. The van der Waals surface area contributed by atoms with Crippen molar-refractivity contribution in [3.63, 3.8) is 0 Å². The van der Waals surface area contributed by atoms with Crippen molar-refractivity contribution in [3.8, 4) is 11.5 Å². The molecule has 0 saturated heterocycles. The summed E-state index contributed by atoms with van der Waals surface area (Å²) in [5, 5.41) is 2.03. The van der Waals surface area contributed by atoms with Gasteiger partial charge in [0.15, 0.2) is 11.5 Å². The van der Waals surface area contributed by atoms with Crippen molar-refractivity contribution in [2.75, 3.05) is 26.8 Å². The zero-order valence-corrected chi connectivity index (χ0v) is 22.1. The van der Waals surface area contributed by atoms with Crippen LogP contribution in [0.25, 0.3) is 0 Å². The molecule has 1 fully saturated rings. The maximum absolute atomic E-state index is 13.7. The van der Waals surface area contributed by atoms with Crippen molar-refractivity contribution in [1.82, 2.24) is 9.21 Å². The minimum absolute atomic E-state index is 0.134. The van der Waals surface area contributed by atoms with Gasteiger partial charge in [-0.1, -0.05) is 29.8 Å². The maximum atomic E-state index is 13.7. The first kappa shape index (κ1) is 24.8. The van der Waals surface area contributed by atoms with Gasteiger partial charge in [0.1, 0.15) is 6.61 Å². The highest BCUT2D eigenvalue weighted by Gasteiger charge is 2.41. The van der Waals surface area contributed by atoms with Crippen LogP contribution in [-0.4, -0.2) is 56.4 Å². The molecule has 190 valence electrons. The standard InChI is InChI=1S/C27H30N2O5S2/c1-19-7-11-21(12-8-19)36(31,32)29(20-9-10-20)17-27(30)28-15-13-26-22(14-16-35-26)23(28)18-34-25-6-4-3-5-24(25)33-2/h3-8,11-12,14,16,20,23H,9-10,13,15,17-18H2,1-2H3/t23-/m1/s1. The topological polar surface area (TPSA) is 76.2 Å². The summed E-state index contributed by atoms with van der Waals surface area (Å²) in [6, 6.07) is 15.8. The minimum Gasteiger partial charge on any atom is -0.493 e. The molecule has 2 heterocycles. The van der Waals surface area contributed by atoms with E-state index < -0.39 is 10.0 Å². The molecule has 36 heavy (non-hydrogen) atoms. The highest BCUT2D eigenvalue weighted by Crippen LogP contribution is 2.37. The highest BCUT2D eigenvalue weighted by atomic mass is 32.2. The SMILES string of the molecule is COc1ccccc1OC[C@@H]1c2ccsc2CCN1C(=O)CN(C1CC1)S(=O)(=O)c1ccc(C)cc1. The van der Waals surface area contributed by atoms with Gasteiger partial charge in [-0.15, -0.1) is 11.3 Å². The van der Waals surface area contributed by atoms with Crippen LogP contribution in [0.15, 0.2) is 64.9 Å². The summed E-state index contributed by atoms with van der Waals surface area (Å²) in [6.45, 7) is 2.52. The number of carbonyl (C=O) groups is 1. The molecule has 0 bridgehead atoms. The summed E-state index contributed by atoms with van der Waals surface area (Å²) in [5.74, 6) is 1.03. The Morgan fingerprint density at radius 3 is 2.50 bits per heavy atom. The summed E-state index contributed by atoms with van der Waals surface area (Å²) >= 11 is 1.68. The van der Waals surface area contributed by atoms with E-state index in [1.165, 1.54) is 9.18 Å². The van der Waals surface area contributed by atoms with Crippen molar-refractivity contribution < 1.29 is 22.7 Å². The number of amides is 1. The van der Waals surface area contributed by atoms with Gasteiger partial charge in [0.25, 0.3) is 0 Å². The average molecular weight is 527 g/mol. The lowest BCUT2D eigenvalue weighted by Gasteiger charge is -2.37. The Hall–Kier alpha value is -2.88. The Morgan fingerprint density at radius 1 is 1.08 bits per heavy atom. The third-order valence-electron chi connectivity index (χ3n) is 6.75. The predicted octanol–water partition coefficient (Wildman–Crippen LogP) is 4.42. The quantitative estimate of drug-likeness (QED) is 0.413. The first-order valence-corrected chi connectivity index (χ1v) is 14.4. The normalized spacial score (nSPS) is 17.6. The van der Waals surface area contributed by atoms with Gasteiger partial charge in [0.05, 0.1) is 24.6 Å². The summed E-state index contributed by atoms with van der Waals surface area (Å²) < 4.78 is 39.9. The lowest BCUT2D eigenvalue weighted by atomic mass is 10.0. The number of sulfonamides is 1. The molecule has 1 aliphatic heterocycles. The van der Waals surface area contributed by atoms with Gasteiger partial charge in [0.2, 0.25) is 15.9 Å². The molecule has 9 heteroatoms. The third kappa shape index (κ3) is 5.00. The van der Waals surface area contributed by atoms with Crippen molar-refractivity contribution in [1.29, 1.82) is 0 Å². The van der Waals surface area contributed by atoms with Crippen molar-refractivity contribution in [3.05, 3.63) is 76.0 Å². The molecule has 7 nitrogen and oxygen atoms in total. The van der Waals surface area contributed by atoms with E-state index in [1.54, 1.807) is 47.6 Å². The highest BCUT2D eigenvalue weighted by molar-refractivity contribution is 7.89. The molecule has 0 N–H and O–H groups in total. The van der Waals surface area contributed by atoms with E-state index >= 15 is 0 Å². The van der Waals surface area contributed by atoms with Crippen LogP contribution in [0.4, 0.5) is 0 Å². The molecule has 1 aromatic heterocycles. The zero-order chi connectivity index (χ0) is 25.3. The van der Waals surface area contributed by atoms with E-state index in [0.29, 0.717) is 18.0 Å². The molecule has 2 aliphatic rings. The number of thiophene rings is 1. The smallest absolute Gasteiger partial charge is 0.243 e. The van der Waals surface area contributed by atoms with Crippen LogP contribution >= 0.6 is 11.3 Å². The second kappa shape index (κ2) is 10.2. The Labute approximate surface area is 216 Å². The fourth-order valence-corrected chi connectivity index (χ4v) is 7.19. The van der Waals surface area contributed by atoms with Gasteiger partial charge >= 0.3 is 0 Å². The first-order chi connectivity index (χ1) is 17.4. The van der Waals surface area contributed by atoms with Gasteiger partial charge in [-0.25, -0.2) is 8.42 Å². The number of benzene rings is 2. The number of hydrogen-bond donors (Lipinski definition) is 0. The van der Waals surface area contributed by atoms with Crippen LogP contribution < -0.4 is 9.47 Å². The zero-order valence-electron chi connectivity index (χ0n) is 20.4. The van der Waals surface area contributed by atoms with Crippen molar-refractivity contribution in [2.45, 2.75) is 43.2 Å². The van der Waals surface area contributed by atoms with Crippen LogP contribution in [0.3, 0.4) is 0 Å². The predicted molar refractivity (Wildman–Crippen MR) is 139 cm³/mol. The van der Waals surface area contributed by atoms with Gasteiger partial charge in [-0.2, -0.15) is 4.31 Å². The molecule has 0 unspecified atom stereocenters. The van der Waals surface area contributed by atoms with E-state index in [-0.39, 0.29) is 36.0 Å². The summed E-state index contributed by atoms with van der Waals surface area (Å²) in [5.41, 5.74) is 2.05. The second-order valence-corrected chi connectivity index (χ2v) is 12.1. The average Bonchev–Trinajstić information content (AvgIpc) is 3.61. The first-order valence-electron chi connectivity index (χ1n) is 12.1. The molecule has 1 amide bonds. The second-order valence-electron chi connectivity index (χ2n) is 9.21. The maximum Gasteiger partial charge on any atom is 0.243 e. The van der Waals surface area contributed by atoms with Crippen LogP contribution in [-0.2, 0) is 21.2 Å². The van der Waals surface area contributed by atoms with Gasteiger partial charge in [0, 0.05) is 17.5 Å². The lowest BCUT2D eigenvalue weighted by molar-refractivity contribution is -0.135. The van der Waals surface area contributed by atoms with Crippen LogP contribution in [0.2, 0.25) is 0 Å². The number of methoxy groups -OCH3 is 1. The lowest BCUT2D eigenvalue weighted by Crippen LogP contribution is -2.48. The Balaban J connectivity index is 1.38. The Bertz CT molecular complexity index is 1330. The number of nitrogens with zero attached hydrogens (tertiary/aromatic N) is 2. The molecule has 1 saturated carbocycles. The number of ether oxygens (including phenoxy) is 2. The molecule has 3 aromatic rings. The summed E-state index contributed by atoms with van der Waals surface area (Å²) in [6.07, 6.45) is 2.29. The number of hydrogen-bond acceptors (Lipinski definition) is 6. The molecule has 0 spiro atoms. The number of rotatable bonds is 9. The Morgan fingerprint density at radius 2 is 1.81 bits per heavy atom. The summed E-state index contributed by atoms with van der Waals surface area (Å²) in [7, 11) is -2.19. The fraction of sp³-hybridized carbons (Fsp3) is 0.370. The van der Waals surface area contributed by atoms with E-state index in [9.17, 15) is 13.2 Å². The van der Waals surface area contributed by atoms with Crippen molar-refractivity contribution in [2.24, 2.45) is 0 Å².